The number of carbonyl (C=O) groups excluding carboxylic acids is 1. The second-order valence-corrected chi connectivity index (χ2v) is 8.90. The van der Waals surface area contributed by atoms with Crippen molar-refractivity contribution in [2.24, 2.45) is 22.7 Å². The van der Waals surface area contributed by atoms with Gasteiger partial charge in [0, 0.05) is 32.8 Å². The van der Waals surface area contributed by atoms with E-state index in [9.17, 15) is 4.79 Å². The molecule has 2 bridgehead atoms. The zero-order valence-electron chi connectivity index (χ0n) is 17.2. The predicted molar refractivity (Wildman–Crippen MR) is 120 cm³/mol. The molecule has 7 heteroatoms. The fourth-order valence-electron chi connectivity index (χ4n) is 4.64. The summed E-state index contributed by atoms with van der Waals surface area (Å²) in [5, 5.41) is 7.27. The van der Waals surface area contributed by atoms with Gasteiger partial charge in [-0.05, 0) is 49.9 Å². The van der Waals surface area contributed by atoms with Gasteiger partial charge in [0.2, 0.25) is 5.91 Å². The zero-order valence-corrected chi connectivity index (χ0v) is 19.6. The summed E-state index contributed by atoms with van der Waals surface area (Å²) in [5.74, 6) is 3.03. The van der Waals surface area contributed by atoms with Crippen molar-refractivity contribution in [3.05, 3.63) is 0 Å². The van der Waals surface area contributed by atoms with Crippen molar-refractivity contribution in [3.63, 3.8) is 0 Å². The minimum Gasteiger partial charge on any atom is -0.378 e. The summed E-state index contributed by atoms with van der Waals surface area (Å²) in [6.07, 6.45) is 7.60. The lowest BCUT2D eigenvalue weighted by atomic mass is 9.95. The summed E-state index contributed by atoms with van der Waals surface area (Å²) >= 11 is 0. The average molecular weight is 492 g/mol. The van der Waals surface area contributed by atoms with E-state index in [2.05, 4.69) is 29.5 Å². The molecule has 156 valence electrons. The molecule has 3 rings (SSSR count). The average Bonchev–Trinajstić information content (AvgIpc) is 3.22. The van der Waals surface area contributed by atoms with Gasteiger partial charge in [0.25, 0.3) is 0 Å². The Morgan fingerprint density at radius 3 is 2.52 bits per heavy atom. The lowest BCUT2D eigenvalue weighted by Gasteiger charge is -2.34. The maximum absolute atomic E-state index is 12.0. The number of hydrogen-bond donors (Lipinski definition) is 2. The van der Waals surface area contributed by atoms with E-state index in [1.807, 2.05) is 0 Å². The lowest BCUT2D eigenvalue weighted by molar-refractivity contribution is -0.127. The Kier molecular flexibility index (Phi) is 8.65. The van der Waals surface area contributed by atoms with Gasteiger partial charge in [-0.1, -0.05) is 20.3 Å². The van der Waals surface area contributed by atoms with Gasteiger partial charge in [-0.2, -0.15) is 0 Å². The molecule has 0 radical (unpaired) electrons. The summed E-state index contributed by atoms with van der Waals surface area (Å²) in [7, 11) is 3.56. The van der Waals surface area contributed by atoms with Gasteiger partial charge in [0.05, 0.1) is 6.10 Å². The number of hydrogen-bond acceptors (Lipinski definition) is 3. The highest BCUT2D eigenvalue weighted by atomic mass is 127. The number of nitrogens with one attached hydrogen (secondary N) is 2. The van der Waals surface area contributed by atoms with Gasteiger partial charge in [-0.15, -0.1) is 24.0 Å². The molecular formula is C20H37IN4O2. The Hall–Kier alpha value is -0.570. The first-order valence-electron chi connectivity index (χ1n) is 10.3. The molecule has 2 aliphatic carbocycles. The van der Waals surface area contributed by atoms with Crippen LogP contribution in [0.1, 0.15) is 52.4 Å². The number of nitrogens with zero attached hydrogens (tertiary/aromatic N) is 2. The second kappa shape index (κ2) is 10.3. The van der Waals surface area contributed by atoms with Crippen LogP contribution in [0, 0.1) is 17.8 Å². The highest BCUT2D eigenvalue weighted by Gasteiger charge is 2.40. The molecule has 2 saturated carbocycles. The Labute approximate surface area is 181 Å². The van der Waals surface area contributed by atoms with Gasteiger partial charge in [0.15, 0.2) is 5.96 Å². The van der Waals surface area contributed by atoms with Crippen molar-refractivity contribution >= 4 is 35.8 Å². The molecule has 0 aromatic rings. The van der Waals surface area contributed by atoms with Crippen molar-refractivity contribution in [3.8, 4) is 0 Å². The Morgan fingerprint density at radius 2 is 1.93 bits per heavy atom. The fraction of sp³-hybridized carbons (Fsp3) is 0.900. The molecule has 5 unspecified atom stereocenters. The number of aliphatic imine (C=N–C) groups is 1. The number of ether oxygens (including phenoxy) is 1. The summed E-state index contributed by atoms with van der Waals surface area (Å²) in [4.78, 5) is 18.2. The number of likely N-dealkylation sites (N-methyl/N-ethyl adjacent to an activating group) is 1. The van der Waals surface area contributed by atoms with E-state index in [-0.39, 0.29) is 36.4 Å². The number of fused-ring (bicyclic) bond motifs is 2. The highest BCUT2D eigenvalue weighted by Crippen LogP contribution is 2.44. The number of rotatable bonds is 5. The number of guanidine groups is 1. The van der Waals surface area contributed by atoms with Crippen molar-refractivity contribution in [2.75, 3.05) is 27.2 Å². The highest BCUT2D eigenvalue weighted by molar-refractivity contribution is 14.0. The smallest absolute Gasteiger partial charge is 0.243 e. The van der Waals surface area contributed by atoms with Crippen LogP contribution in [-0.4, -0.2) is 62.2 Å². The van der Waals surface area contributed by atoms with Crippen LogP contribution in [0.4, 0.5) is 0 Å². The zero-order chi connectivity index (χ0) is 18.7. The maximum Gasteiger partial charge on any atom is 0.243 e. The first kappa shape index (κ1) is 22.7. The molecule has 1 saturated heterocycles. The van der Waals surface area contributed by atoms with Crippen molar-refractivity contribution < 1.29 is 9.53 Å². The number of amides is 1. The van der Waals surface area contributed by atoms with Gasteiger partial charge in [-0.3, -0.25) is 4.79 Å². The molecule has 27 heavy (non-hydrogen) atoms. The Balaban J connectivity index is 0.00000261. The first-order chi connectivity index (χ1) is 12.4. The van der Waals surface area contributed by atoms with Crippen LogP contribution in [0.2, 0.25) is 0 Å². The molecule has 3 fully saturated rings. The van der Waals surface area contributed by atoms with E-state index in [0.717, 1.165) is 37.2 Å². The van der Waals surface area contributed by atoms with Crippen LogP contribution in [0.25, 0.3) is 0 Å². The number of halogens is 1. The van der Waals surface area contributed by atoms with E-state index in [1.165, 1.54) is 25.7 Å². The SMILES string of the molecule is CC(C)C1CC(NC(=NCC(=O)N(C)C)NC2CC3CCC2C3)CCO1.I. The van der Waals surface area contributed by atoms with E-state index < -0.39 is 0 Å². The predicted octanol–water partition coefficient (Wildman–Crippen LogP) is 2.62. The lowest BCUT2D eigenvalue weighted by Crippen LogP contribution is -2.51. The van der Waals surface area contributed by atoms with Crippen LogP contribution < -0.4 is 10.6 Å². The van der Waals surface area contributed by atoms with Gasteiger partial charge in [0.1, 0.15) is 6.54 Å². The van der Waals surface area contributed by atoms with E-state index in [0.29, 0.717) is 24.1 Å². The van der Waals surface area contributed by atoms with Crippen LogP contribution in [0.3, 0.4) is 0 Å². The molecule has 3 aliphatic rings. The summed E-state index contributed by atoms with van der Waals surface area (Å²) in [5.41, 5.74) is 0. The van der Waals surface area contributed by atoms with Crippen molar-refractivity contribution in [1.82, 2.24) is 15.5 Å². The Bertz CT molecular complexity index is 526. The first-order valence-corrected chi connectivity index (χ1v) is 10.3. The molecule has 1 heterocycles. The second-order valence-electron chi connectivity index (χ2n) is 8.90. The molecule has 2 N–H and O–H groups in total. The normalized spacial score (nSPS) is 32.9. The molecule has 1 aliphatic heterocycles. The molecule has 0 aromatic heterocycles. The van der Waals surface area contributed by atoms with E-state index in [1.54, 1.807) is 19.0 Å². The van der Waals surface area contributed by atoms with E-state index >= 15 is 0 Å². The topological polar surface area (TPSA) is 66.0 Å². The third-order valence-corrected chi connectivity index (χ3v) is 6.33. The quantitative estimate of drug-likeness (QED) is 0.352. The third-order valence-electron chi connectivity index (χ3n) is 6.33. The van der Waals surface area contributed by atoms with Crippen LogP contribution >= 0.6 is 24.0 Å². The van der Waals surface area contributed by atoms with Crippen molar-refractivity contribution in [1.29, 1.82) is 0 Å². The van der Waals surface area contributed by atoms with Gasteiger partial charge < -0.3 is 20.3 Å². The minimum absolute atomic E-state index is 0. The van der Waals surface area contributed by atoms with Crippen LogP contribution in [0.15, 0.2) is 4.99 Å². The molecule has 0 aromatic carbocycles. The molecule has 1 amide bonds. The summed E-state index contributed by atoms with van der Waals surface area (Å²) in [6, 6.07) is 0.866. The summed E-state index contributed by atoms with van der Waals surface area (Å²) in [6.45, 7) is 5.41. The monoisotopic (exact) mass is 492 g/mol. The fourth-order valence-corrected chi connectivity index (χ4v) is 4.64. The molecular weight excluding hydrogens is 455 g/mol. The van der Waals surface area contributed by atoms with Gasteiger partial charge in [-0.25, -0.2) is 4.99 Å². The largest absolute Gasteiger partial charge is 0.378 e. The third kappa shape index (κ3) is 6.21. The standard InChI is InChI=1S/C20H36N4O2.HI/c1-13(2)18-11-16(7-8-26-18)22-20(21-12-19(25)24(3)4)23-17-10-14-5-6-15(17)9-14;/h13-18H,5-12H2,1-4H3,(H2,21,22,23);1H. The van der Waals surface area contributed by atoms with Crippen LogP contribution in [-0.2, 0) is 9.53 Å². The van der Waals surface area contributed by atoms with Crippen LogP contribution in [0.5, 0.6) is 0 Å². The molecule has 6 nitrogen and oxygen atoms in total. The molecule has 0 spiro atoms. The number of carbonyl (C=O) groups is 1. The minimum atomic E-state index is 0. The summed E-state index contributed by atoms with van der Waals surface area (Å²) < 4.78 is 5.89. The molecule has 5 atom stereocenters. The van der Waals surface area contributed by atoms with E-state index in [4.69, 9.17) is 4.74 Å². The maximum atomic E-state index is 12.0. The van der Waals surface area contributed by atoms with Gasteiger partial charge >= 0.3 is 0 Å². The Morgan fingerprint density at radius 1 is 1.15 bits per heavy atom. The van der Waals surface area contributed by atoms with Crippen molar-refractivity contribution in [2.45, 2.75) is 70.6 Å².